The van der Waals surface area contributed by atoms with Crippen LogP contribution in [0.1, 0.15) is 25.0 Å². The fourth-order valence-corrected chi connectivity index (χ4v) is 4.23. The van der Waals surface area contributed by atoms with Gasteiger partial charge in [0.2, 0.25) is 18.2 Å². The second-order valence-electron chi connectivity index (χ2n) is 9.38. The van der Waals surface area contributed by atoms with Crippen LogP contribution in [0.4, 0.5) is 0 Å². The Morgan fingerprint density at radius 2 is 1.47 bits per heavy atom. The number of hydrogen-bond acceptors (Lipinski definition) is 5. The summed E-state index contributed by atoms with van der Waals surface area (Å²) < 4.78 is 0. The smallest absolute Gasteiger partial charge is 0.246 e. The highest BCUT2D eigenvalue weighted by atomic mass is 16.2. The van der Waals surface area contributed by atoms with Gasteiger partial charge in [-0.25, -0.2) is 0 Å². The molecule has 9 nitrogen and oxygen atoms in total. The number of imide groups is 1. The van der Waals surface area contributed by atoms with Gasteiger partial charge in [-0.15, -0.1) is 0 Å². The SMILES string of the molecule is CNC(C)(C)C(=O)NC(=O)[C@@H](Cc1c[nH]c2ccccc12)N[C@@H](Cc1c[nH]c2ccccc12)NC=O. The zero-order chi connectivity index (χ0) is 25.7. The van der Waals surface area contributed by atoms with E-state index in [1.165, 1.54) is 0 Å². The van der Waals surface area contributed by atoms with Gasteiger partial charge in [0, 0.05) is 40.6 Å². The number of aromatic amines is 2. The predicted molar refractivity (Wildman–Crippen MR) is 140 cm³/mol. The number of rotatable bonds is 11. The molecule has 4 rings (SSSR count). The molecule has 3 amide bonds. The van der Waals surface area contributed by atoms with Crippen LogP contribution in [0.5, 0.6) is 0 Å². The molecule has 188 valence electrons. The van der Waals surface area contributed by atoms with E-state index >= 15 is 0 Å². The molecule has 2 atom stereocenters. The summed E-state index contributed by atoms with van der Waals surface area (Å²) in [7, 11) is 1.66. The molecule has 2 aromatic carbocycles. The van der Waals surface area contributed by atoms with Gasteiger partial charge >= 0.3 is 0 Å². The number of amides is 3. The highest BCUT2D eigenvalue weighted by Crippen LogP contribution is 2.21. The van der Waals surface area contributed by atoms with Gasteiger partial charge in [0.05, 0.1) is 17.7 Å². The standard InChI is InChI=1S/C27H32N6O3/c1-27(2,28-3)26(36)33-25(35)23(12-17-14-29-21-10-6-4-8-19(17)21)32-24(31-16-34)13-18-15-30-22-11-7-5-9-20(18)22/h4-11,14-16,23-24,28-30,32H,12-13H2,1-3H3,(H,31,34)(H,33,35,36)/t23-,24+/m1/s1. The molecule has 6 N–H and O–H groups in total. The minimum absolute atomic E-state index is 0.314. The fourth-order valence-electron chi connectivity index (χ4n) is 4.23. The lowest BCUT2D eigenvalue weighted by Gasteiger charge is -2.27. The summed E-state index contributed by atoms with van der Waals surface area (Å²) in [5.74, 6) is -0.900. The minimum atomic E-state index is -0.925. The number of carbonyl (C=O) groups excluding carboxylic acids is 3. The number of nitrogens with one attached hydrogen (secondary N) is 6. The van der Waals surface area contributed by atoms with Crippen LogP contribution in [-0.4, -0.2) is 53.0 Å². The topological polar surface area (TPSA) is 131 Å². The van der Waals surface area contributed by atoms with Crippen molar-refractivity contribution in [3.8, 4) is 0 Å². The first-order chi connectivity index (χ1) is 17.3. The maximum Gasteiger partial charge on any atom is 0.246 e. The van der Waals surface area contributed by atoms with Crippen LogP contribution < -0.4 is 21.3 Å². The summed E-state index contributed by atoms with van der Waals surface area (Å²) in [5.41, 5.74) is 2.95. The van der Waals surface area contributed by atoms with Gasteiger partial charge in [0.15, 0.2) is 0 Å². The van der Waals surface area contributed by atoms with Gasteiger partial charge in [-0.05, 0) is 50.6 Å². The van der Waals surface area contributed by atoms with Crippen LogP contribution in [0, 0.1) is 0 Å². The number of fused-ring (bicyclic) bond motifs is 2. The second-order valence-corrected chi connectivity index (χ2v) is 9.38. The molecule has 0 fully saturated rings. The maximum atomic E-state index is 13.4. The highest BCUT2D eigenvalue weighted by molar-refractivity contribution is 6.02. The number of benzene rings is 2. The average molecular weight is 489 g/mol. The molecule has 0 bridgehead atoms. The predicted octanol–water partition coefficient (Wildman–Crippen LogP) is 2.11. The average Bonchev–Trinajstić information content (AvgIpc) is 3.48. The summed E-state index contributed by atoms with van der Waals surface area (Å²) in [6.07, 6.45) is 4.59. The van der Waals surface area contributed by atoms with Crippen LogP contribution in [0.3, 0.4) is 0 Å². The van der Waals surface area contributed by atoms with E-state index in [4.69, 9.17) is 0 Å². The number of likely N-dealkylation sites (N-methyl/N-ethyl adjacent to an activating group) is 1. The van der Waals surface area contributed by atoms with E-state index in [2.05, 4.69) is 31.2 Å². The van der Waals surface area contributed by atoms with Crippen LogP contribution in [0.2, 0.25) is 0 Å². The number of para-hydroxylation sites is 2. The summed E-state index contributed by atoms with van der Waals surface area (Å²) in [6.45, 7) is 3.40. The Labute approximate surface area is 209 Å². The molecule has 9 heteroatoms. The number of hydrogen-bond donors (Lipinski definition) is 6. The van der Waals surface area contributed by atoms with Crippen molar-refractivity contribution in [3.63, 3.8) is 0 Å². The van der Waals surface area contributed by atoms with Gasteiger partial charge in [-0.2, -0.15) is 0 Å². The number of H-pyrrole nitrogens is 2. The third-order valence-corrected chi connectivity index (χ3v) is 6.62. The quantitative estimate of drug-likeness (QED) is 0.142. The van der Waals surface area contributed by atoms with E-state index in [0.717, 1.165) is 32.9 Å². The molecular formula is C27H32N6O3. The normalized spacial score (nSPS) is 13.4. The second kappa shape index (κ2) is 10.8. The van der Waals surface area contributed by atoms with Crippen LogP contribution >= 0.6 is 0 Å². The summed E-state index contributed by atoms with van der Waals surface area (Å²) in [5, 5.41) is 13.6. The molecule has 0 saturated carbocycles. The van der Waals surface area contributed by atoms with Gasteiger partial charge in [-0.3, -0.25) is 25.0 Å². The Hall–Kier alpha value is -3.95. The first-order valence-electron chi connectivity index (χ1n) is 11.9. The minimum Gasteiger partial charge on any atom is -0.361 e. The largest absolute Gasteiger partial charge is 0.361 e. The highest BCUT2D eigenvalue weighted by Gasteiger charge is 2.31. The van der Waals surface area contributed by atoms with Crippen molar-refractivity contribution in [2.75, 3.05) is 7.05 Å². The van der Waals surface area contributed by atoms with Crippen LogP contribution in [0.25, 0.3) is 21.8 Å². The van der Waals surface area contributed by atoms with Crippen molar-refractivity contribution < 1.29 is 14.4 Å². The van der Waals surface area contributed by atoms with Crippen molar-refractivity contribution in [1.82, 2.24) is 31.2 Å². The first kappa shape index (κ1) is 25.2. The molecule has 2 heterocycles. The molecule has 0 unspecified atom stereocenters. The lowest BCUT2D eigenvalue weighted by molar-refractivity contribution is -0.135. The molecule has 0 radical (unpaired) electrons. The summed E-state index contributed by atoms with van der Waals surface area (Å²) >= 11 is 0. The summed E-state index contributed by atoms with van der Waals surface area (Å²) in [6, 6.07) is 14.9. The van der Waals surface area contributed by atoms with Crippen LogP contribution in [-0.2, 0) is 27.2 Å². The Kier molecular flexibility index (Phi) is 7.52. The number of carbonyl (C=O) groups is 3. The fraction of sp³-hybridized carbons (Fsp3) is 0.296. The Morgan fingerprint density at radius 1 is 0.917 bits per heavy atom. The third kappa shape index (κ3) is 5.48. The third-order valence-electron chi connectivity index (χ3n) is 6.62. The molecule has 36 heavy (non-hydrogen) atoms. The molecule has 0 saturated heterocycles. The van der Waals surface area contributed by atoms with Crippen molar-refractivity contribution >= 4 is 40.0 Å². The Bertz CT molecular complexity index is 1370. The Morgan fingerprint density at radius 3 is 2.03 bits per heavy atom. The molecule has 0 aliphatic rings. The van der Waals surface area contributed by atoms with E-state index in [0.29, 0.717) is 19.3 Å². The zero-order valence-electron chi connectivity index (χ0n) is 20.6. The zero-order valence-corrected chi connectivity index (χ0v) is 20.6. The lowest BCUT2D eigenvalue weighted by Crippen LogP contribution is -2.59. The summed E-state index contributed by atoms with van der Waals surface area (Å²) in [4.78, 5) is 44.1. The lowest BCUT2D eigenvalue weighted by atomic mass is 10.0. The molecule has 0 spiro atoms. The van der Waals surface area contributed by atoms with Gasteiger partial charge in [0.1, 0.15) is 0 Å². The van der Waals surface area contributed by atoms with E-state index in [9.17, 15) is 14.4 Å². The Balaban J connectivity index is 1.60. The van der Waals surface area contributed by atoms with Crippen molar-refractivity contribution in [3.05, 3.63) is 72.1 Å². The van der Waals surface area contributed by atoms with Crippen LogP contribution in [0.15, 0.2) is 60.9 Å². The van der Waals surface area contributed by atoms with Crippen molar-refractivity contribution in [2.24, 2.45) is 0 Å². The van der Waals surface area contributed by atoms with E-state index < -0.39 is 29.6 Å². The molecule has 0 aliphatic carbocycles. The first-order valence-corrected chi connectivity index (χ1v) is 11.9. The van der Waals surface area contributed by atoms with Crippen molar-refractivity contribution in [2.45, 2.75) is 44.4 Å². The van der Waals surface area contributed by atoms with Gasteiger partial charge < -0.3 is 20.6 Å². The monoisotopic (exact) mass is 488 g/mol. The van der Waals surface area contributed by atoms with Gasteiger partial charge in [0.25, 0.3) is 0 Å². The molecule has 2 aromatic heterocycles. The van der Waals surface area contributed by atoms with Crippen molar-refractivity contribution in [1.29, 1.82) is 0 Å². The molecular weight excluding hydrogens is 456 g/mol. The van der Waals surface area contributed by atoms with Gasteiger partial charge in [-0.1, -0.05) is 36.4 Å². The van der Waals surface area contributed by atoms with E-state index in [1.807, 2.05) is 60.9 Å². The van der Waals surface area contributed by atoms with E-state index in [1.54, 1.807) is 20.9 Å². The van der Waals surface area contributed by atoms with E-state index in [-0.39, 0.29) is 0 Å². The maximum absolute atomic E-state index is 13.4. The molecule has 0 aliphatic heterocycles. The number of aromatic nitrogens is 2. The molecule has 4 aromatic rings.